The van der Waals surface area contributed by atoms with Crippen LogP contribution in [0.1, 0.15) is 42.5 Å². The number of Topliss-reactive ketones (excluding diaryl/α,β-unsaturated/α-hetero) is 1. The lowest BCUT2D eigenvalue weighted by atomic mass is 10.1. The zero-order chi connectivity index (χ0) is 16.3. The molecule has 126 valence electrons. The molecule has 5 heteroatoms. The van der Waals surface area contributed by atoms with Crippen molar-refractivity contribution in [2.24, 2.45) is 0 Å². The highest BCUT2D eigenvalue weighted by molar-refractivity contribution is 5.97. The summed E-state index contributed by atoms with van der Waals surface area (Å²) in [6.45, 7) is 2.66. The van der Waals surface area contributed by atoms with E-state index in [1.54, 1.807) is 12.1 Å². The van der Waals surface area contributed by atoms with Gasteiger partial charge in [0, 0.05) is 38.2 Å². The highest BCUT2D eigenvalue weighted by atomic mass is 16.5. The quantitative estimate of drug-likeness (QED) is 0.531. The molecule has 0 aromatic heterocycles. The van der Waals surface area contributed by atoms with Crippen LogP contribution in [0.4, 0.5) is 0 Å². The van der Waals surface area contributed by atoms with E-state index in [0.29, 0.717) is 25.3 Å². The van der Waals surface area contributed by atoms with E-state index >= 15 is 0 Å². The third-order valence-corrected chi connectivity index (χ3v) is 3.79. The molecule has 1 saturated heterocycles. The summed E-state index contributed by atoms with van der Waals surface area (Å²) in [6, 6.07) is 9.05. The molecule has 1 amide bonds. The molecule has 1 N–H and O–H groups in total. The van der Waals surface area contributed by atoms with E-state index in [1.165, 1.54) is 0 Å². The first-order valence-electron chi connectivity index (χ1n) is 8.30. The van der Waals surface area contributed by atoms with Crippen LogP contribution in [0.25, 0.3) is 0 Å². The van der Waals surface area contributed by atoms with Gasteiger partial charge in [-0.2, -0.15) is 0 Å². The Bertz CT molecular complexity index is 483. The molecule has 0 spiro atoms. The minimum absolute atomic E-state index is 0.000599. The van der Waals surface area contributed by atoms with Crippen molar-refractivity contribution in [3.63, 3.8) is 0 Å². The van der Waals surface area contributed by atoms with Gasteiger partial charge in [0.2, 0.25) is 5.91 Å². The summed E-state index contributed by atoms with van der Waals surface area (Å²) < 4.78 is 11.0. The van der Waals surface area contributed by atoms with Crippen molar-refractivity contribution < 1.29 is 19.1 Å². The molecule has 0 aliphatic carbocycles. The number of rotatable bonds is 10. The molecular weight excluding hydrogens is 294 g/mol. The Labute approximate surface area is 137 Å². The monoisotopic (exact) mass is 319 g/mol. The molecule has 1 aromatic rings. The van der Waals surface area contributed by atoms with Gasteiger partial charge in [-0.15, -0.1) is 0 Å². The number of ether oxygens (including phenoxy) is 2. The summed E-state index contributed by atoms with van der Waals surface area (Å²) in [6.07, 6.45) is 3.67. The molecular formula is C18H25NO4. The highest BCUT2D eigenvalue weighted by Crippen LogP contribution is 2.11. The van der Waals surface area contributed by atoms with Gasteiger partial charge in [-0.05, 0) is 19.3 Å². The van der Waals surface area contributed by atoms with Gasteiger partial charge in [0.05, 0.1) is 12.7 Å². The van der Waals surface area contributed by atoms with Crippen molar-refractivity contribution in [2.45, 2.75) is 38.2 Å². The van der Waals surface area contributed by atoms with Gasteiger partial charge in [0.1, 0.15) is 0 Å². The number of amides is 1. The van der Waals surface area contributed by atoms with Gasteiger partial charge in [0.25, 0.3) is 0 Å². The minimum atomic E-state index is -0.0894. The van der Waals surface area contributed by atoms with Crippen LogP contribution < -0.4 is 5.32 Å². The minimum Gasteiger partial charge on any atom is -0.379 e. The lowest BCUT2D eigenvalue weighted by molar-refractivity contribution is -0.121. The third kappa shape index (κ3) is 6.93. The summed E-state index contributed by atoms with van der Waals surface area (Å²) in [7, 11) is 0. The second-order valence-corrected chi connectivity index (χ2v) is 5.70. The molecule has 0 bridgehead atoms. The maximum Gasteiger partial charge on any atom is 0.220 e. The van der Waals surface area contributed by atoms with Crippen LogP contribution in [0.2, 0.25) is 0 Å². The van der Waals surface area contributed by atoms with Crippen LogP contribution in [-0.4, -0.2) is 44.2 Å². The van der Waals surface area contributed by atoms with Crippen LogP contribution in [0.3, 0.4) is 0 Å². The van der Waals surface area contributed by atoms with E-state index in [0.717, 1.165) is 25.9 Å². The average Bonchev–Trinajstić information content (AvgIpc) is 3.10. The van der Waals surface area contributed by atoms with Gasteiger partial charge >= 0.3 is 0 Å². The van der Waals surface area contributed by atoms with Gasteiger partial charge < -0.3 is 14.8 Å². The second kappa shape index (κ2) is 10.1. The van der Waals surface area contributed by atoms with Crippen LogP contribution >= 0.6 is 0 Å². The van der Waals surface area contributed by atoms with Crippen LogP contribution in [0, 0.1) is 0 Å². The molecule has 1 heterocycles. The van der Waals surface area contributed by atoms with Gasteiger partial charge in [-0.25, -0.2) is 0 Å². The van der Waals surface area contributed by atoms with Crippen molar-refractivity contribution in [2.75, 3.05) is 26.4 Å². The van der Waals surface area contributed by atoms with Crippen LogP contribution in [0.5, 0.6) is 0 Å². The SMILES string of the molecule is O=C(CCC(=O)c1ccccc1)NCCCOCC1CCCO1. The largest absolute Gasteiger partial charge is 0.379 e. The number of benzene rings is 1. The number of hydrogen-bond acceptors (Lipinski definition) is 4. The van der Waals surface area contributed by atoms with E-state index in [4.69, 9.17) is 9.47 Å². The summed E-state index contributed by atoms with van der Waals surface area (Å²) in [5, 5.41) is 2.82. The third-order valence-electron chi connectivity index (χ3n) is 3.79. The van der Waals surface area contributed by atoms with E-state index in [9.17, 15) is 9.59 Å². The molecule has 2 rings (SSSR count). The number of hydrogen-bond donors (Lipinski definition) is 1. The van der Waals surface area contributed by atoms with E-state index in [1.807, 2.05) is 18.2 Å². The maximum atomic E-state index is 11.9. The highest BCUT2D eigenvalue weighted by Gasteiger charge is 2.15. The predicted octanol–water partition coefficient (Wildman–Crippen LogP) is 2.35. The average molecular weight is 319 g/mol. The molecule has 1 atom stereocenters. The predicted molar refractivity (Wildman–Crippen MR) is 87.4 cm³/mol. The van der Waals surface area contributed by atoms with Crippen molar-refractivity contribution in [1.29, 1.82) is 0 Å². The Morgan fingerprint density at radius 3 is 2.78 bits per heavy atom. The molecule has 1 aliphatic rings. The van der Waals surface area contributed by atoms with Gasteiger partial charge in [-0.3, -0.25) is 9.59 Å². The molecule has 5 nitrogen and oxygen atoms in total. The smallest absolute Gasteiger partial charge is 0.220 e. The van der Waals surface area contributed by atoms with Gasteiger partial charge in [-0.1, -0.05) is 30.3 Å². The zero-order valence-corrected chi connectivity index (χ0v) is 13.5. The molecule has 1 unspecified atom stereocenters. The lowest BCUT2D eigenvalue weighted by Crippen LogP contribution is -2.26. The molecule has 0 saturated carbocycles. The number of ketones is 1. The molecule has 1 aromatic carbocycles. The van der Waals surface area contributed by atoms with E-state index in [-0.39, 0.29) is 30.6 Å². The summed E-state index contributed by atoms with van der Waals surface area (Å²) in [5.41, 5.74) is 0.655. The first-order chi connectivity index (χ1) is 11.3. The Hall–Kier alpha value is -1.72. The molecule has 1 aliphatic heterocycles. The Morgan fingerprint density at radius 2 is 2.04 bits per heavy atom. The van der Waals surface area contributed by atoms with Crippen LogP contribution in [-0.2, 0) is 14.3 Å². The fourth-order valence-electron chi connectivity index (χ4n) is 2.48. The van der Waals surface area contributed by atoms with Gasteiger partial charge in [0.15, 0.2) is 5.78 Å². The molecule has 1 fully saturated rings. The Kier molecular flexibility index (Phi) is 7.77. The number of carbonyl (C=O) groups is 2. The molecule has 23 heavy (non-hydrogen) atoms. The lowest BCUT2D eigenvalue weighted by Gasteiger charge is -2.10. The van der Waals surface area contributed by atoms with Crippen molar-refractivity contribution in [3.8, 4) is 0 Å². The van der Waals surface area contributed by atoms with Crippen molar-refractivity contribution in [1.82, 2.24) is 5.32 Å². The number of nitrogens with one attached hydrogen (secondary N) is 1. The second-order valence-electron chi connectivity index (χ2n) is 5.70. The fraction of sp³-hybridized carbons (Fsp3) is 0.556. The van der Waals surface area contributed by atoms with Crippen molar-refractivity contribution in [3.05, 3.63) is 35.9 Å². The number of carbonyl (C=O) groups excluding carboxylic acids is 2. The topological polar surface area (TPSA) is 64.6 Å². The normalized spacial score (nSPS) is 17.1. The standard InChI is InChI=1S/C18H25NO4/c20-17(15-6-2-1-3-7-15)9-10-18(21)19-11-5-12-22-14-16-8-4-13-23-16/h1-3,6-7,16H,4-5,8-14H2,(H,19,21). The zero-order valence-electron chi connectivity index (χ0n) is 13.5. The maximum absolute atomic E-state index is 11.9. The first-order valence-corrected chi connectivity index (χ1v) is 8.30. The van der Waals surface area contributed by atoms with E-state index in [2.05, 4.69) is 5.32 Å². The summed E-state index contributed by atoms with van der Waals surface area (Å²) >= 11 is 0. The summed E-state index contributed by atoms with van der Waals surface area (Å²) in [5.74, 6) is -0.0888. The van der Waals surface area contributed by atoms with E-state index < -0.39 is 0 Å². The first kappa shape index (κ1) is 17.6. The summed E-state index contributed by atoms with van der Waals surface area (Å²) in [4.78, 5) is 23.6. The Balaban J connectivity index is 1.47. The Morgan fingerprint density at radius 1 is 1.22 bits per heavy atom. The van der Waals surface area contributed by atoms with Crippen molar-refractivity contribution >= 4 is 11.7 Å². The van der Waals surface area contributed by atoms with Crippen LogP contribution in [0.15, 0.2) is 30.3 Å². The fourth-order valence-corrected chi connectivity index (χ4v) is 2.48. The molecule has 0 radical (unpaired) electrons.